The SMILES string of the molecule is CC.CC(=O)C1(O)CCC(N)C1. The van der Waals surface area contributed by atoms with E-state index in [4.69, 9.17) is 5.73 Å². The van der Waals surface area contributed by atoms with Gasteiger partial charge in [0.1, 0.15) is 5.60 Å². The fourth-order valence-electron chi connectivity index (χ4n) is 1.38. The molecule has 0 bridgehead atoms. The molecule has 0 saturated heterocycles. The third kappa shape index (κ3) is 2.57. The molecule has 0 amide bonds. The summed E-state index contributed by atoms with van der Waals surface area (Å²) in [5.41, 5.74) is 4.44. The number of nitrogens with two attached hydrogens (primary N) is 1. The zero-order chi connectivity index (χ0) is 9.78. The van der Waals surface area contributed by atoms with Crippen molar-refractivity contribution in [2.45, 2.75) is 51.7 Å². The number of hydrogen-bond donors (Lipinski definition) is 2. The first-order valence-corrected chi connectivity index (χ1v) is 4.53. The fourth-order valence-corrected chi connectivity index (χ4v) is 1.38. The largest absolute Gasteiger partial charge is 0.382 e. The molecule has 1 saturated carbocycles. The van der Waals surface area contributed by atoms with Crippen LogP contribution in [0.3, 0.4) is 0 Å². The monoisotopic (exact) mass is 173 g/mol. The summed E-state index contributed by atoms with van der Waals surface area (Å²) in [4.78, 5) is 10.8. The van der Waals surface area contributed by atoms with Gasteiger partial charge in [0.25, 0.3) is 0 Å². The Morgan fingerprint density at radius 1 is 1.58 bits per heavy atom. The van der Waals surface area contributed by atoms with Crippen molar-refractivity contribution in [2.75, 3.05) is 0 Å². The van der Waals surface area contributed by atoms with Gasteiger partial charge in [0, 0.05) is 6.04 Å². The first kappa shape index (κ1) is 11.6. The van der Waals surface area contributed by atoms with Crippen molar-refractivity contribution >= 4 is 5.78 Å². The zero-order valence-electron chi connectivity index (χ0n) is 8.13. The van der Waals surface area contributed by atoms with Crippen molar-refractivity contribution in [1.29, 1.82) is 0 Å². The molecule has 2 atom stereocenters. The van der Waals surface area contributed by atoms with Crippen LogP contribution in [0.25, 0.3) is 0 Å². The molecule has 3 heteroatoms. The van der Waals surface area contributed by atoms with Crippen LogP contribution in [0.5, 0.6) is 0 Å². The highest BCUT2D eigenvalue weighted by atomic mass is 16.3. The van der Waals surface area contributed by atoms with Gasteiger partial charge in [-0.3, -0.25) is 4.79 Å². The number of ketones is 1. The van der Waals surface area contributed by atoms with Crippen molar-refractivity contribution in [1.82, 2.24) is 0 Å². The van der Waals surface area contributed by atoms with Crippen LogP contribution in [0.2, 0.25) is 0 Å². The average molecular weight is 173 g/mol. The highest BCUT2D eigenvalue weighted by Gasteiger charge is 2.39. The summed E-state index contributed by atoms with van der Waals surface area (Å²) in [6.07, 6.45) is 1.72. The lowest BCUT2D eigenvalue weighted by Crippen LogP contribution is -2.35. The minimum atomic E-state index is -1.10. The molecule has 0 heterocycles. The molecule has 1 fully saturated rings. The van der Waals surface area contributed by atoms with Crippen LogP contribution in [-0.2, 0) is 4.79 Å². The highest BCUT2D eigenvalue weighted by Crippen LogP contribution is 2.29. The highest BCUT2D eigenvalue weighted by molar-refractivity contribution is 5.85. The second-order valence-electron chi connectivity index (χ2n) is 3.09. The normalized spacial score (nSPS) is 33.9. The molecule has 2 unspecified atom stereocenters. The Bertz CT molecular complexity index is 159. The van der Waals surface area contributed by atoms with Gasteiger partial charge in [0.2, 0.25) is 0 Å². The van der Waals surface area contributed by atoms with E-state index in [1.165, 1.54) is 6.92 Å². The Morgan fingerprint density at radius 2 is 2.08 bits per heavy atom. The Hall–Kier alpha value is -0.410. The van der Waals surface area contributed by atoms with Gasteiger partial charge in [-0.05, 0) is 26.2 Å². The van der Waals surface area contributed by atoms with Gasteiger partial charge < -0.3 is 10.8 Å². The summed E-state index contributed by atoms with van der Waals surface area (Å²) >= 11 is 0. The van der Waals surface area contributed by atoms with Gasteiger partial charge in [-0.15, -0.1) is 0 Å². The molecule has 0 radical (unpaired) electrons. The van der Waals surface area contributed by atoms with Crippen LogP contribution in [0.1, 0.15) is 40.0 Å². The minimum Gasteiger partial charge on any atom is -0.382 e. The van der Waals surface area contributed by atoms with Gasteiger partial charge in [-0.2, -0.15) is 0 Å². The van der Waals surface area contributed by atoms with E-state index in [1.807, 2.05) is 13.8 Å². The van der Waals surface area contributed by atoms with Crippen molar-refractivity contribution in [2.24, 2.45) is 5.73 Å². The molecular formula is C9H19NO2. The predicted molar refractivity (Wildman–Crippen MR) is 48.8 cm³/mol. The lowest BCUT2D eigenvalue weighted by molar-refractivity contribution is -0.134. The first-order valence-electron chi connectivity index (χ1n) is 4.53. The number of rotatable bonds is 1. The summed E-state index contributed by atoms with van der Waals surface area (Å²) < 4.78 is 0. The lowest BCUT2D eigenvalue weighted by atomic mass is 9.98. The molecule has 72 valence electrons. The topological polar surface area (TPSA) is 63.3 Å². The van der Waals surface area contributed by atoms with E-state index < -0.39 is 5.60 Å². The summed E-state index contributed by atoms with van der Waals surface area (Å²) in [6, 6.07) is 0.00824. The summed E-state index contributed by atoms with van der Waals surface area (Å²) in [5, 5.41) is 9.51. The van der Waals surface area contributed by atoms with Crippen LogP contribution in [-0.4, -0.2) is 22.5 Å². The van der Waals surface area contributed by atoms with Crippen molar-refractivity contribution < 1.29 is 9.90 Å². The standard InChI is InChI=1S/C7H13NO2.C2H6/c1-5(9)7(10)3-2-6(8)4-7;1-2/h6,10H,2-4,8H2,1H3;1-2H3. The van der Waals surface area contributed by atoms with Crippen molar-refractivity contribution in [3.05, 3.63) is 0 Å². The Labute approximate surface area is 74.0 Å². The molecule has 12 heavy (non-hydrogen) atoms. The third-order valence-corrected chi connectivity index (χ3v) is 2.18. The van der Waals surface area contributed by atoms with Crippen molar-refractivity contribution in [3.63, 3.8) is 0 Å². The maximum Gasteiger partial charge on any atom is 0.161 e. The average Bonchev–Trinajstić information content (AvgIpc) is 2.37. The number of carbonyl (C=O) groups excluding carboxylic acids is 1. The molecule has 1 rings (SSSR count). The molecule has 3 nitrogen and oxygen atoms in total. The van der Waals surface area contributed by atoms with Crippen LogP contribution >= 0.6 is 0 Å². The summed E-state index contributed by atoms with van der Waals surface area (Å²) in [5.74, 6) is -0.152. The third-order valence-electron chi connectivity index (χ3n) is 2.18. The van der Waals surface area contributed by atoms with Crippen LogP contribution < -0.4 is 5.73 Å². The van der Waals surface area contributed by atoms with E-state index in [9.17, 15) is 9.90 Å². The molecule has 0 aromatic rings. The van der Waals surface area contributed by atoms with Gasteiger partial charge >= 0.3 is 0 Å². The summed E-state index contributed by atoms with van der Waals surface area (Å²) in [6.45, 7) is 5.41. The molecule has 0 aliphatic heterocycles. The Kier molecular flexibility index (Phi) is 4.42. The maximum atomic E-state index is 10.8. The molecular weight excluding hydrogens is 154 g/mol. The van der Waals surface area contributed by atoms with E-state index in [0.29, 0.717) is 12.8 Å². The Morgan fingerprint density at radius 3 is 2.25 bits per heavy atom. The first-order chi connectivity index (χ1) is 5.54. The molecule has 0 spiro atoms. The van der Waals surface area contributed by atoms with Crippen LogP contribution in [0, 0.1) is 0 Å². The second kappa shape index (κ2) is 4.58. The molecule has 0 aromatic carbocycles. The van der Waals surface area contributed by atoms with Crippen molar-refractivity contribution in [3.8, 4) is 0 Å². The van der Waals surface area contributed by atoms with Gasteiger partial charge in [0.05, 0.1) is 0 Å². The fraction of sp³-hybridized carbons (Fsp3) is 0.889. The second-order valence-corrected chi connectivity index (χ2v) is 3.09. The molecule has 3 N–H and O–H groups in total. The minimum absolute atomic E-state index is 0.00824. The molecule has 0 aromatic heterocycles. The molecule has 1 aliphatic carbocycles. The zero-order valence-corrected chi connectivity index (χ0v) is 8.13. The van der Waals surface area contributed by atoms with Gasteiger partial charge in [-0.25, -0.2) is 0 Å². The van der Waals surface area contributed by atoms with E-state index in [1.54, 1.807) is 0 Å². The smallest absolute Gasteiger partial charge is 0.161 e. The Balaban J connectivity index is 0.000000561. The number of aliphatic hydroxyl groups is 1. The van der Waals surface area contributed by atoms with E-state index in [-0.39, 0.29) is 11.8 Å². The van der Waals surface area contributed by atoms with Gasteiger partial charge in [0.15, 0.2) is 5.78 Å². The lowest BCUT2D eigenvalue weighted by Gasteiger charge is -2.17. The number of carbonyl (C=O) groups is 1. The number of hydrogen-bond acceptors (Lipinski definition) is 3. The maximum absolute atomic E-state index is 10.8. The van der Waals surface area contributed by atoms with Gasteiger partial charge in [-0.1, -0.05) is 13.8 Å². The quantitative estimate of drug-likeness (QED) is 0.617. The van der Waals surface area contributed by atoms with E-state index in [0.717, 1.165) is 6.42 Å². The summed E-state index contributed by atoms with van der Waals surface area (Å²) in [7, 11) is 0. The van der Waals surface area contributed by atoms with E-state index in [2.05, 4.69) is 0 Å². The molecule has 1 aliphatic rings. The van der Waals surface area contributed by atoms with Crippen LogP contribution in [0.15, 0.2) is 0 Å². The predicted octanol–water partition coefficient (Wildman–Crippen LogP) is 0.844. The number of Topliss-reactive ketones (excluding diaryl/α,β-unsaturated/α-hetero) is 1. The van der Waals surface area contributed by atoms with E-state index >= 15 is 0 Å². The van der Waals surface area contributed by atoms with Crippen LogP contribution in [0.4, 0.5) is 0 Å².